The number of fused-ring (bicyclic) bond motifs is 1. The van der Waals surface area contributed by atoms with Crippen LogP contribution in [0.1, 0.15) is 28.9 Å². The highest BCUT2D eigenvalue weighted by Gasteiger charge is 2.23. The number of ether oxygens (including phenoxy) is 1. The van der Waals surface area contributed by atoms with Crippen LogP contribution in [-0.2, 0) is 4.74 Å². The second-order valence-electron chi connectivity index (χ2n) is 3.50. The van der Waals surface area contributed by atoms with Crippen LogP contribution in [0.3, 0.4) is 0 Å². The summed E-state index contributed by atoms with van der Waals surface area (Å²) in [6, 6.07) is 0. The molecule has 0 aromatic carbocycles. The maximum absolute atomic E-state index is 11.8. The van der Waals surface area contributed by atoms with Gasteiger partial charge in [0.25, 0.3) is 0 Å². The van der Waals surface area contributed by atoms with Gasteiger partial charge in [0, 0.05) is 0 Å². The fraction of sp³-hybridized carbons (Fsp3) is 0.364. The standard InChI is InChI=1S/C11H11ClN2O3/c1-4-16-11(15)7-5(2)17-10-8(7)9(12)13-6(3)14-10/h4H2,1-3H3. The lowest BCUT2D eigenvalue weighted by Gasteiger charge is -2.00. The molecule has 0 aliphatic rings. The zero-order valence-corrected chi connectivity index (χ0v) is 10.5. The van der Waals surface area contributed by atoms with Gasteiger partial charge >= 0.3 is 5.97 Å². The van der Waals surface area contributed by atoms with Crippen LogP contribution >= 0.6 is 11.6 Å². The van der Waals surface area contributed by atoms with Crippen LogP contribution < -0.4 is 0 Å². The van der Waals surface area contributed by atoms with Gasteiger partial charge in [0.15, 0.2) is 0 Å². The van der Waals surface area contributed by atoms with Crippen LogP contribution in [0, 0.1) is 13.8 Å². The largest absolute Gasteiger partial charge is 0.462 e. The van der Waals surface area contributed by atoms with Crippen molar-refractivity contribution in [2.24, 2.45) is 0 Å². The van der Waals surface area contributed by atoms with Crippen molar-refractivity contribution in [3.8, 4) is 0 Å². The summed E-state index contributed by atoms with van der Waals surface area (Å²) in [4.78, 5) is 19.9. The summed E-state index contributed by atoms with van der Waals surface area (Å²) in [7, 11) is 0. The van der Waals surface area contributed by atoms with E-state index < -0.39 is 5.97 Å². The van der Waals surface area contributed by atoms with E-state index in [9.17, 15) is 4.79 Å². The molecule has 0 radical (unpaired) electrons. The second-order valence-corrected chi connectivity index (χ2v) is 3.85. The van der Waals surface area contributed by atoms with Gasteiger partial charge in [-0.15, -0.1) is 0 Å². The Balaban J connectivity index is 2.71. The Morgan fingerprint density at radius 1 is 1.41 bits per heavy atom. The number of aryl methyl sites for hydroxylation is 2. The predicted molar refractivity (Wildman–Crippen MR) is 62.2 cm³/mol. The normalized spacial score (nSPS) is 10.8. The van der Waals surface area contributed by atoms with Gasteiger partial charge in [-0.05, 0) is 20.8 Å². The quantitative estimate of drug-likeness (QED) is 0.609. The second kappa shape index (κ2) is 4.33. The average Bonchev–Trinajstić information content (AvgIpc) is 2.54. The summed E-state index contributed by atoms with van der Waals surface area (Å²) in [5.41, 5.74) is 0.606. The molecule has 0 saturated carbocycles. The highest BCUT2D eigenvalue weighted by Crippen LogP contribution is 2.29. The van der Waals surface area contributed by atoms with Gasteiger partial charge in [-0.2, -0.15) is 4.98 Å². The topological polar surface area (TPSA) is 65.2 Å². The minimum Gasteiger partial charge on any atom is -0.462 e. The molecule has 2 aromatic rings. The molecule has 0 unspecified atom stereocenters. The first-order valence-electron chi connectivity index (χ1n) is 5.15. The lowest BCUT2D eigenvalue weighted by molar-refractivity contribution is 0.0526. The van der Waals surface area contributed by atoms with E-state index >= 15 is 0 Å². The van der Waals surface area contributed by atoms with Crippen molar-refractivity contribution in [3.05, 3.63) is 22.3 Å². The van der Waals surface area contributed by atoms with E-state index in [0.29, 0.717) is 28.2 Å². The predicted octanol–water partition coefficient (Wildman–Crippen LogP) is 2.67. The Morgan fingerprint density at radius 2 is 2.12 bits per heavy atom. The van der Waals surface area contributed by atoms with E-state index in [4.69, 9.17) is 20.8 Å². The molecule has 0 spiro atoms. The zero-order chi connectivity index (χ0) is 12.6. The Kier molecular flexibility index (Phi) is 3.02. The van der Waals surface area contributed by atoms with Crippen LogP contribution in [0.4, 0.5) is 0 Å². The summed E-state index contributed by atoms with van der Waals surface area (Å²) in [6.07, 6.45) is 0. The van der Waals surface area contributed by atoms with Gasteiger partial charge in [-0.3, -0.25) is 0 Å². The Bertz CT molecular complexity index is 592. The van der Waals surface area contributed by atoms with E-state index in [1.54, 1.807) is 20.8 Å². The van der Waals surface area contributed by atoms with Gasteiger partial charge in [-0.25, -0.2) is 9.78 Å². The molecule has 0 aliphatic carbocycles. The van der Waals surface area contributed by atoms with Gasteiger partial charge in [0.2, 0.25) is 5.71 Å². The third kappa shape index (κ3) is 1.98. The highest BCUT2D eigenvalue weighted by atomic mass is 35.5. The number of furan rings is 1. The van der Waals surface area contributed by atoms with Crippen molar-refractivity contribution < 1.29 is 13.9 Å². The molecule has 17 heavy (non-hydrogen) atoms. The number of hydrogen-bond acceptors (Lipinski definition) is 5. The Morgan fingerprint density at radius 3 is 2.76 bits per heavy atom. The molecular weight excluding hydrogens is 244 g/mol. The van der Waals surface area contributed by atoms with Gasteiger partial charge in [0.1, 0.15) is 22.3 Å². The number of carbonyl (C=O) groups excluding carboxylic acids is 1. The molecule has 6 heteroatoms. The fourth-order valence-corrected chi connectivity index (χ4v) is 1.92. The fourth-order valence-electron chi connectivity index (χ4n) is 1.62. The zero-order valence-electron chi connectivity index (χ0n) is 9.70. The molecule has 0 N–H and O–H groups in total. The maximum atomic E-state index is 11.8. The minimum absolute atomic E-state index is 0.201. The number of carbonyl (C=O) groups is 1. The third-order valence-electron chi connectivity index (χ3n) is 2.27. The third-order valence-corrected chi connectivity index (χ3v) is 2.55. The van der Waals surface area contributed by atoms with Crippen LogP contribution in [0.5, 0.6) is 0 Å². The molecule has 2 aromatic heterocycles. The monoisotopic (exact) mass is 254 g/mol. The lowest BCUT2D eigenvalue weighted by atomic mass is 10.2. The van der Waals surface area contributed by atoms with Gasteiger partial charge in [0.05, 0.1) is 12.0 Å². The molecule has 0 amide bonds. The number of hydrogen-bond donors (Lipinski definition) is 0. The first-order valence-corrected chi connectivity index (χ1v) is 5.52. The molecule has 0 saturated heterocycles. The van der Waals surface area contributed by atoms with Gasteiger partial charge in [-0.1, -0.05) is 11.6 Å². The molecule has 2 heterocycles. The summed E-state index contributed by atoms with van der Waals surface area (Å²) in [5.74, 6) is 0.449. The molecule has 5 nitrogen and oxygen atoms in total. The van der Waals surface area contributed by atoms with Crippen LogP contribution in [0.2, 0.25) is 5.15 Å². The summed E-state index contributed by atoms with van der Waals surface area (Å²) >= 11 is 6.01. The van der Waals surface area contributed by atoms with Crippen molar-refractivity contribution in [2.75, 3.05) is 6.61 Å². The molecule has 90 valence electrons. The van der Waals surface area contributed by atoms with Crippen molar-refractivity contribution in [2.45, 2.75) is 20.8 Å². The summed E-state index contributed by atoms with van der Waals surface area (Å²) in [5, 5.41) is 0.612. The Labute approximate surface area is 103 Å². The maximum Gasteiger partial charge on any atom is 0.342 e. The molecule has 0 fully saturated rings. The van der Waals surface area contributed by atoms with Crippen molar-refractivity contribution in [1.82, 2.24) is 9.97 Å². The van der Waals surface area contributed by atoms with Crippen LogP contribution in [0.15, 0.2) is 4.42 Å². The van der Waals surface area contributed by atoms with Crippen molar-refractivity contribution in [3.63, 3.8) is 0 Å². The highest BCUT2D eigenvalue weighted by molar-refractivity contribution is 6.35. The smallest absolute Gasteiger partial charge is 0.342 e. The van der Waals surface area contributed by atoms with Crippen LogP contribution in [-0.4, -0.2) is 22.5 Å². The van der Waals surface area contributed by atoms with Crippen molar-refractivity contribution in [1.29, 1.82) is 0 Å². The molecule has 2 rings (SSSR count). The molecule has 0 aliphatic heterocycles. The first-order chi connectivity index (χ1) is 8.04. The lowest BCUT2D eigenvalue weighted by Crippen LogP contribution is -2.05. The van der Waals surface area contributed by atoms with E-state index in [1.807, 2.05) is 0 Å². The SMILES string of the molecule is CCOC(=O)c1c(C)oc2nc(C)nc(Cl)c12. The van der Waals surface area contributed by atoms with Gasteiger partial charge < -0.3 is 9.15 Å². The summed E-state index contributed by atoms with van der Waals surface area (Å²) < 4.78 is 10.3. The number of rotatable bonds is 2. The molecular formula is C11H11ClN2O3. The van der Waals surface area contributed by atoms with Crippen molar-refractivity contribution >= 4 is 28.7 Å². The Hall–Kier alpha value is -1.62. The number of nitrogens with zero attached hydrogens (tertiary/aromatic N) is 2. The average molecular weight is 255 g/mol. The first kappa shape index (κ1) is 11.9. The number of aromatic nitrogens is 2. The molecule has 0 bridgehead atoms. The summed E-state index contributed by atoms with van der Waals surface area (Å²) in [6.45, 7) is 5.39. The van der Waals surface area contributed by atoms with E-state index in [0.717, 1.165) is 0 Å². The van der Waals surface area contributed by atoms with E-state index in [2.05, 4.69) is 9.97 Å². The minimum atomic E-state index is -0.474. The number of esters is 1. The van der Waals surface area contributed by atoms with Crippen LogP contribution in [0.25, 0.3) is 11.1 Å². The van der Waals surface area contributed by atoms with E-state index in [1.165, 1.54) is 0 Å². The molecule has 0 atom stereocenters. The number of halogens is 1. The van der Waals surface area contributed by atoms with E-state index in [-0.39, 0.29) is 11.8 Å².